The fraction of sp³-hybridized carbons (Fsp3) is 0.176. The Balaban J connectivity index is 1.04. The number of aromatic nitrogens is 1. The van der Waals surface area contributed by atoms with E-state index in [9.17, 15) is 13.2 Å². The molecule has 1 fully saturated rings. The minimum absolute atomic E-state index is 0.0417. The zero-order valence-electron chi connectivity index (χ0n) is 23.7. The number of rotatable bonds is 7. The number of primary sulfonamides is 1. The van der Waals surface area contributed by atoms with E-state index in [1.54, 1.807) is 18.3 Å². The second kappa shape index (κ2) is 11.9. The standard InChI is InChI=1S/C34H33N5O3S/c35-33-32-23-30(15-14-28(32)16-17-37-33)38-18-20-39(21-19-38)34(40)29-12-10-27(11-13-29)26-8-6-24(7-9-26)4-5-25-2-1-3-31(22-25)43(36,41)42/h1-3,6-17,22-23H,4-5,18-21H2,(H2,35,37)(H2,36,41,42). The van der Waals surface area contributed by atoms with Crippen LogP contribution in [-0.2, 0) is 22.9 Å². The number of nitrogens with two attached hydrogens (primary N) is 2. The predicted octanol–water partition coefficient (Wildman–Crippen LogP) is 4.88. The highest BCUT2D eigenvalue weighted by Gasteiger charge is 2.22. The summed E-state index contributed by atoms with van der Waals surface area (Å²) < 4.78 is 23.2. The van der Waals surface area contributed by atoms with Gasteiger partial charge in [0.05, 0.1) is 4.90 Å². The Labute approximate surface area is 251 Å². The average molecular weight is 592 g/mol. The van der Waals surface area contributed by atoms with Crippen molar-refractivity contribution in [2.24, 2.45) is 5.14 Å². The molecule has 0 aliphatic carbocycles. The molecule has 4 aromatic carbocycles. The summed E-state index contributed by atoms with van der Waals surface area (Å²) in [6, 6.07) is 31.0. The molecule has 5 aromatic rings. The van der Waals surface area contributed by atoms with Gasteiger partial charge in [0.1, 0.15) is 5.82 Å². The molecule has 0 saturated carbocycles. The quantitative estimate of drug-likeness (QED) is 0.278. The Morgan fingerprint density at radius 2 is 1.44 bits per heavy atom. The van der Waals surface area contributed by atoms with Crippen molar-refractivity contribution in [2.75, 3.05) is 36.8 Å². The van der Waals surface area contributed by atoms with Crippen molar-refractivity contribution in [1.29, 1.82) is 0 Å². The minimum Gasteiger partial charge on any atom is -0.383 e. The van der Waals surface area contributed by atoms with Gasteiger partial charge in [0.25, 0.3) is 5.91 Å². The van der Waals surface area contributed by atoms with Crippen molar-refractivity contribution in [1.82, 2.24) is 9.88 Å². The van der Waals surface area contributed by atoms with E-state index in [1.807, 2.05) is 41.3 Å². The zero-order valence-corrected chi connectivity index (χ0v) is 24.5. The summed E-state index contributed by atoms with van der Waals surface area (Å²) in [5.74, 6) is 0.568. The monoisotopic (exact) mass is 591 g/mol. The van der Waals surface area contributed by atoms with Crippen molar-refractivity contribution in [2.45, 2.75) is 17.7 Å². The summed E-state index contributed by atoms with van der Waals surface area (Å²) in [6.45, 7) is 2.79. The molecule has 43 heavy (non-hydrogen) atoms. The molecule has 6 rings (SSSR count). The van der Waals surface area contributed by atoms with Gasteiger partial charge >= 0.3 is 0 Å². The van der Waals surface area contributed by atoms with E-state index in [-0.39, 0.29) is 10.8 Å². The molecule has 0 radical (unpaired) electrons. The average Bonchev–Trinajstić information content (AvgIpc) is 3.04. The lowest BCUT2D eigenvalue weighted by Crippen LogP contribution is -2.48. The van der Waals surface area contributed by atoms with Crippen molar-refractivity contribution in [3.63, 3.8) is 0 Å². The van der Waals surface area contributed by atoms with Gasteiger partial charge in [-0.3, -0.25) is 4.79 Å². The molecule has 1 saturated heterocycles. The molecule has 0 unspecified atom stereocenters. The van der Waals surface area contributed by atoms with Crippen LogP contribution in [-0.4, -0.2) is 50.4 Å². The Kier molecular flexibility index (Phi) is 7.84. The van der Waals surface area contributed by atoms with E-state index >= 15 is 0 Å². The number of carbonyl (C=O) groups excluding carboxylic acids is 1. The summed E-state index contributed by atoms with van der Waals surface area (Å²) in [5.41, 5.74) is 12.0. The van der Waals surface area contributed by atoms with Crippen LogP contribution >= 0.6 is 0 Å². The van der Waals surface area contributed by atoms with E-state index in [2.05, 4.69) is 52.3 Å². The van der Waals surface area contributed by atoms with E-state index in [0.717, 1.165) is 58.2 Å². The molecule has 4 N–H and O–H groups in total. The number of sulfonamides is 1. The molecule has 9 heteroatoms. The van der Waals surface area contributed by atoms with E-state index in [1.165, 1.54) is 6.07 Å². The van der Waals surface area contributed by atoms with Gasteiger partial charge < -0.3 is 15.5 Å². The highest BCUT2D eigenvalue weighted by molar-refractivity contribution is 7.89. The topological polar surface area (TPSA) is 123 Å². The molecule has 1 amide bonds. The Morgan fingerprint density at radius 3 is 2.14 bits per heavy atom. The third kappa shape index (κ3) is 6.38. The maximum absolute atomic E-state index is 13.3. The second-order valence-corrected chi connectivity index (χ2v) is 12.4. The van der Waals surface area contributed by atoms with E-state index < -0.39 is 10.0 Å². The molecular weight excluding hydrogens is 558 g/mol. The third-order valence-corrected chi connectivity index (χ3v) is 8.97. The van der Waals surface area contributed by atoms with Gasteiger partial charge in [-0.25, -0.2) is 18.5 Å². The van der Waals surface area contributed by atoms with Crippen molar-refractivity contribution in [3.05, 3.63) is 120 Å². The maximum atomic E-state index is 13.3. The fourth-order valence-corrected chi connectivity index (χ4v) is 6.15. The number of benzene rings is 4. The number of aryl methyl sites for hydroxylation is 2. The van der Waals surface area contributed by atoms with Crippen molar-refractivity contribution < 1.29 is 13.2 Å². The van der Waals surface area contributed by atoms with Crippen molar-refractivity contribution >= 4 is 38.2 Å². The second-order valence-electron chi connectivity index (χ2n) is 10.8. The normalized spacial score (nSPS) is 13.8. The predicted molar refractivity (Wildman–Crippen MR) is 171 cm³/mol. The largest absolute Gasteiger partial charge is 0.383 e. The third-order valence-electron chi connectivity index (χ3n) is 8.06. The molecule has 0 bridgehead atoms. The zero-order chi connectivity index (χ0) is 30.0. The smallest absolute Gasteiger partial charge is 0.253 e. The summed E-state index contributed by atoms with van der Waals surface area (Å²) >= 11 is 0. The van der Waals surface area contributed by atoms with Crippen LogP contribution in [0.5, 0.6) is 0 Å². The first-order valence-electron chi connectivity index (χ1n) is 14.2. The lowest BCUT2D eigenvalue weighted by Gasteiger charge is -2.36. The Morgan fingerprint density at radius 1 is 0.767 bits per heavy atom. The number of hydrogen-bond donors (Lipinski definition) is 2. The van der Waals surface area contributed by atoms with Gasteiger partial charge in [-0.1, -0.05) is 54.6 Å². The Hall–Kier alpha value is -4.73. The molecule has 1 aliphatic heterocycles. The van der Waals surface area contributed by atoms with Crippen LogP contribution < -0.4 is 15.8 Å². The molecule has 8 nitrogen and oxygen atoms in total. The van der Waals surface area contributed by atoms with Crippen molar-refractivity contribution in [3.8, 4) is 11.1 Å². The van der Waals surface area contributed by atoms with Gasteiger partial charge in [0.2, 0.25) is 10.0 Å². The van der Waals surface area contributed by atoms with Gasteiger partial charge in [-0.2, -0.15) is 0 Å². The van der Waals surface area contributed by atoms with Crippen LogP contribution in [0.3, 0.4) is 0 Å². The summed E-state index contributed by atoms with van der Waals surface area (Å²) in [6.07, 6.45) is 3.21. The van der Waals surface area contributed by atoms with Crippen LogP contribution in [0.1, 0.15) is 21.5 Å². The molecule has 2 heterocycles. The first-order valence-corrected chi connectivity index (χ1v) is 15.8. The lowest BCUT2D eigenvalue weighted by molar-refractivity contribution is 0.0747. The number of nitrogens with zero attached hydrogens (tertiary/aromatic N) is 3. The SMILES string of the molecule is Nc1nccc2ccc(N3CCN(C(=O)c4ccc(-c5ccc(CCc6cccc(S(N)(=O)=O)c6)cc5)cc4)CC3)cc12. The molecular formula is C34H33N5O3S. The van der Waals surface area contributed by atoms with E-state index in [0.29, 0.717) is 30.9 Å². The highest BCUT2D eigenvalue weighted by Crippen LogP contribution is 2.27. The number of anilines is 2. The van der Waals surface area contributed by atoms with Crippen LogP contribution in [0.25, 0.3) is 21.9 Å². The first-order chi connectivity index (χ1) is 20.7. The highest BCUT2D eigenvalue weighted by atomic mass is 32.2. The van der Waals surface area contributed by atoms with Gasteiger partial charge in [-0.15, -0.1) is 0 Å². The van der Waals surface area contributed by atoms with Crippen LogP contribution in [0.2, 0.25) is 0 Å². The molecule has 1 aromatic heterocycles. The van der Waals surface area contributed by atoms with Crippen LogP contribution in [0.4, 0.5) is 11.5 Å². The number of carbonyl (C=O) groups is 1. The Bertz CT molecular complexity index is 1880. The molecule has 0 spiro atoms. The van der Waals surface area contributed by atoms with Crippen LogP contribution in [0, 0.1) is 0 Å². The van der Waals surface area contributed by atoms with Gasteiger partial charge in [-0.05, 0) is 82.9 Å². The number of hydrogen-bond acceptors (Lipinski definition) is 6. The number of nitrogen functional groups attached to an aromatic ring is 1. The summed E-state index contributed by atoms with van der Waals surface area (Å²) in [5, 5.41) is 7.27. The lowest BCUT2D eigenvalue weighted by atomic mass is 9.99. The molecule has 218 valence electrons. The maximum Gasteiger partial charge on any atom is 0.253 e. The fourth-order valence-electron chi connectivity index (χ4n) is 5.56. The molecule has 1 aliphatic rings. The van der Waals surface area contributed by atoms with Crippen LogP contribution in [0.15, 0.2) is 108 Å². The van der Waals surface area contributed by atoms with E-state index in [4.69, 9.17) is 10.9 Å². The molecule has 0 atom stereocenters. The van der Waals surface area contributed by atoms with Gasteiger partial charge in [0, 0.05) is 49.0 Å². The number of amides is 1. The number of fused-ring (bicyclic) bond motifs is 1. The first kappa shape index (κ1) is 28.4. The summed E-state index contributed by atoms with van der Waals surface area (Å²) in [4.78, 5) is 21.8. The number of piperazine rings is 1. The van der Waals surface area contributed by atoms with Gasteiger partial charge in [0.15, 0.2) is 0 Å². The number of pyridine rings is 1. The minimum atomic E-state index is -3.71. The summed E-state index contributed by atoms with van der Waals surface area (Å²) in [7, 11) is -3.71.